The number of methoxy groups -OCH3 is 2. The van der Waals surface area contributed by atoms with Crippen molar-refractivity contribution in [3.63, 3.8) is 0 Å². The van der Waals surface area contributed by atoms with Crippen LogP contribution in [0.25, 0.3) is 0 Å². The average Bonchev–Trinajstić information content (AvgIpc) is 1.81. The van der Waals surface area contributed by atoms with Crippen LogP contribution < -0.4 is 0 Å². The first kappa shape index (κ1) is 9.93. The fourth-order valence-electron chi connectivity index (χ4n) is 0.348. The van der Waals surface area contributed by atoms with E-state index >= 15 is 0 Å². The smallest absolute Gasteiger partial charge is 0.360 e. The van der Waals surface area contributed by atoms with Crippen molar-refractivity contribution in [2.24, 2.45) is 0 Å². The summed E-state index contributed by atoms with van der Waals surface area (Å²) in [5, 5.41) is 0. The van der Waals surface area contributed by atoms with Crippen LogP contribution in [0.15, 0.2) is 0 Å². The van der Waals surface area contributed by atoms with Gasteiger partial charge in [0, 0.05) is 14.2 Å². The van der Waals surface area contributed by atoms with E-state index in [4.69, 9.17) is 0 Å². The third-order valence-corrected chi connectivity index (χ3v) is 1.74. The van der Waals surface area contributed by atoms with E-state index in [0.717, 1.165) is 0 Å². The molecule has 10 heavy (non-hydrogen) atoms. The molecule has 0 amide bonds. The minimum absolute atomic E-state index is 1.15. The van der Waals surface area contributed by atoms with Crippen molar-refractivity contribution in [2.45, 2.75) is 11.7 Å². The van der Waals surface area contributed by atoms with Gasteiger partial charge in [-0.15, -0.1) is 0 Å². The van der Waals surface area contributed by atoms with E-state index in [1.807, 2.05) is 0 Å². The molecule has 0 rings (SSSR count). The molecular weight excluding hydrogens is 165 g/mol. The zero-order chi connectivity index (χ0) is 8.20. The SMILES string of the molecule is COC(OC)[Si]C(F)(F)F. The number of ether oxygens (including phenoxy) is 2. The van der Waals surface area contributed by atoms with E-state index in [-0.39, 0.29) is 0 Å². The molecular formula is C4H7F3O2Si. The molecule has 0 fully saturated rings. The maximum atomic E-state index is 11.5. The topological polar surface area (TPSA) is 18.5 Å². The molecule has 2 radical (unpaired) electrons. The molecule has 0 aliphatic carbocycles. The van der Waals surface area contributed by atoms with Crippen LogP contribution in [0, 0.1) is 0 Å². The monoisotopic (exact) mass is 172 g/mol. The summed E-state index contributed by atoms with van der Waals surface area (Å²) in [5.41, 5.74) is 0. The van der Waals surface area contributed by atoms with Gasteiger partial charge in [-0.1, -0.05) is 0 Å². The lowest BCUT2D eigenvalue weighted by atomic mass is 11.3. The zero-order valence-corrected chi connectivity index (χ0v) is 6.53. The summed E-state index contributed by atoms with van der Waals surface area (Å²) in [6, 6.07) is 0. The van der Waals surface area contributed by atoms with Crippen LogP contribution in [0.4, 0.5) is 13.2 Å². The van der Waals surface area contributed by atoms with Gasteiger partial charge >= 0.3 is 5.80 Å². The Morgan fingerprint density at radius 2 is 1.60 bits per heavy atom. The van der Waals surface area contributed by atoms with Gasteiger partial charge in [0.2, 0.25) is 0 Å². The fourth-order valence-corrected chi connectivity index (χ4v) is 0.851. The number of rotatable bonds is 3. The Labute approximate surface area is 59.1 Å². The van der Waals surface area contributed by atoms with E-state index in [0.29, 0.717) is 0 Å². The van der Waals surface area contributed by atoms with E-state index in [1.54, 1.807) is 0 Å². The molecule has 0 spiro atoms. The molecule has 2 nitrogen and oxygen atoms in total. The van der Waals surface area contributed by atoms with Gasteiger partial charge in [-0.05, 0) is 0 Å². The Kier molecular flexibility index (Phi) is 3.91. The highest BCUT2D eigenvalue weighted by Crippen LogP contribution is 2.14. The largest absolute Gasteiger partial charge is 0.363 e. The van der Waals surface area contributed by atoms with E-state index < -0.39 is 21.2 Å². The van der Waals surface area contributed by atoms with Gasteiger partial charge in [-0.2, -0.15) is 13.2 Å². The van der Waals surface area contributed by atoms with Crippen LogP contribution in [0.2, 0.25) is 0 Å². The highest BCUT2D eigenvalue weighted by atomic mass is 28.2. The Morgan fingerprint density at radius 1 is 1.20 bits per heavy atom. The molecule has 0 aromatic carbocycles. The molecule has 0 unspecified atom stereocenters. The van der Waals surface area contributed by atoms with Crippen LogP contribution in [0.3, 0.4) is 0 Å². The molecule has 0 bridgehead atoms. The van der Waals surface area contributed by atoms with Gasteiger partial charge < -0.3 is 9.47 Å². The number of hydrogen-bond acceptors (Lipinski definition) is 2. The Bertz CT molecular complexity index is 91.0. The summed E-state index contributed by atoms with van der Waals surface area (Å²) in [4.78, 5) is 0. The zero-order valence-electron chi connectivity index (χ0n) is 5.53. The fraction of sp³-hybridized carbons (Fsp3) is 1.00. The highest BCUT2D eigenvalue weighted by Gasteiger charge is 2.33. The molecule has 0 aliphatic heterocycles. The molecule has 0 aliphatic rings. The van der Waals surface area contributed by atoms with Crippen molar-refractivity contribution in [3.8, 4) is 0 Å². The molecule has 60 valence electrons. The summed E-state index contributed by atoms with van der Waals surface area (Å²) < 4.78 is 43.3. The normalized spacial score (nSPS) is 12.6. The minimum Gasteiger partial charge on any atom is -0.360 e. The van der Waals surface area contributed by atoms with Crippen LogP contribution in [0.1, 0.15) is 0 Å². The quantitative estimate of drug-likeness (QED) is 0.463. The number of alkyl halides is 3. The second-order valence-corrected chi connectivity index (χ2v) is 2.77. The first-order valence-electron chi connectivity index (χ1n) is 2.39. The Morgan fingerprint density at radius 3 is 1.70 bits per heavy atom. The van der Waals surface area contributed by atoms with Crippen LogP contribution in [0.5, 0.6) is 0 Å². The second kappa shape index (κ2) is 3.94. The minimum atomic E-state index is -4.20. The molecule has 0 aromatic rings. The third-order valence-electron chi connectivity index (χ3n) is 0.710. The van der Waals surface area contributed by atoms with Gasteiger partial charge in [0.25, 0.3) is 9.52 Å². The maximum absolute atomic E-state index is 11.5. The van der Waals surface area contributed by atoms with E-state index in [1.165, 1.54) is 14.2 Å². The summed E-state index contributed by atoms with van der Waals surface area (Å²) in [7, 11) is 1.04. The summed E-state index contributed by atoms with van der Waals surface area (Å²) >= 11 is 0. The van der Waals surface area contributed by atoms with Crippen LogP contribution in [-0.4, -0.2) is 35.5 Å². The van der Waals surface area contributed by atoms with Gasteiger partial charge in [-0.3, -0.25) is 0 Å². The molecule has 0 saturated heterocycles. The second-order valence-electron chi connectivity index (χ2n) is 1.45. The van der Waals surface area contributed by atoms with Crippen molar-refractivity contribution >= 4 is 9.52 Å². The third kappa shape index (κ3) is 4.77. The summed E-state index contributed by atoms with van der Waals surface area (Å²) in [6.07, 6.45) is 0. The maximum Gasteiger partial charge on any atom is 0.363 e. The van der Waals surface area contributed by atoms with Crippen molar-refractivity contribution in [1.82, 2.24) is 0 Å². The van der Waals surface area contributed by atoms with Gasteiger partial charge in [0.05, 0.1) is 0 Å². The van der Waals surface area contributed by atoms with Gasteiger partial charge in [0.15, 0.2) is 0 Å². The van der Waals surface area contributed by atoms with Gasteiger partial charge in [0.1, 0.15) is 5.91 Å². The summed E-state index contributed by atoms with van der Waals surface area (Å²) in [6.45, 7) is 0. The number of halogens is 3. The van der Waals surface area contributed by atoms with Crippen LogP contribution >= 0.6 is 0 Å². The van der Waals surface area contributed by atoms with Crippen LogP contribution in [-0.2, 0) is 9.47 Å². The molecule has 0 saturated carbocycles. The highest BCUT2D eigenvalue weighted by molar-refractivity contribution is 6.39. The number of hydrogen-bond donors (Lipinski definition) is 0. The molecule has 6 heteroatoms. The Balaban J connectivity index is 3.63. The molecule has 0 aromatic heterocycles. The standard InChI is InChI=1S/C4H7F3O2Si/c1-8-3(9-2)10-4(5,6)7/h3H,1-2H3. The lowest BCUT2D eigenvalue weighted by molar-refractivity contribution is -0.0862. The lowest BCUT2D eigenvalue weighted by Crippen LogP contribution is -2.33. The van der Waals surface area contributed by atoms with E-state index in [2.05, 4.69) is 9.47 Å². The van der Waals surface area contributed by atoms with Gasteiger partial charge in [-0.25, -0.2) is 0 Å². The molecule has 0 N–H and O–H groups in total. The summed E-state index contributed by atoms with van der Waals surface area (Å²) in [5.74, 6) is -5.35. The first-order valence-corrected chi connectivity index (χ1v) is 3.47. The molecule has 0 atom stereocenters. The van der Waals surface area contributed by atoms with Crippen molar-refractivity contribution < 1.29 is 22.6 Å². The average molecular weight is 172 g/mol. The first-order chi connectivity index (χ1) is 4.49. The van der Waals surface area contributed by atoms with Crippen molar-refractivity contribution in [1.29, 1.82) is 0 Å². The predicted molar refractivity (Wildman–Crippen MR) is 29.6 cm³/mol. The van der Waals surface area contributed by atoms with E-state index in [9.17, 15) is 13.2 Å². The molecule has 0 heterocycles. The van der Waals surface area contributed by atoms with Crippen molar-refractivity contribution in [2.75, 3.05) is 14.2 Å². The van der Waals surface area contributed by atoms with Crippen molar-refractivity contribution in [3.05, 3.63) is 0 Å². The predicted octanol–water partition coefficient (Wildman–Crippen LogP) is 0.787. The lowest BCUT2D eigenvalue weighted by Gasteiger charge is -2.13. The Hall–Kier alpha value is -0.0731.